The van der Waals surface area contributed by atoms with Gasteiger partial charge in [-0.05, 0) is 28.9 Å². The molecule has 0 aromatic rings. The second-order valence-corrected chi connectivity index (χ2v) is 5.24. The zero-order valence-corrected chi connectivity index (χ0v) is 9.58. The van der Waals surface area contributed by atoms with Gasteiger partial charge in [-0.15, -0.1) is 0 Å². The summed E-state index contributed by atoms with van der Waals surface area (Å²) < 4.78 is 22.1. The van der Waals surface area contributed by atoms with Gasteiger partial charge in [-0.25, -0.2) is 8.42 Å². The molecule has 0 amide bonds. The Morgan fingerprint density at radius 1 is 1.58 bits per heavy atom. The Morgan fingerprint density at radius 3 is 2.33 bits per heavy atom. The summed E-state index contributed by atoms with van der Waals surface area (Å²) in [5, 5.41) is 0. The normalized spacial score (nSPS) is 14.6. The van der Waals surface area contributed by atoms with Crippen LogP contribution in [0.2, 0.25) is 0 Å². The van der Waals surface area contributed by atoms with Crippen LogP contribution in [0.3, 0.4) is 0 Å². The Labute approximate surface area is 85.2 Å². The van der Waals surface area contributed by atoms with Crippen LogP contribution < -0.4 is 0 Å². The SMILES string of the molecule is C=C/C(=C(Br)\C=C/C)S(=O)(=O)Cl. The Bertz CT molecular complexity index is 327. The van der Waals surface area contributed by atoms with Gasteiger partial charge in [0.1, 0.15) is 0 Å². The van der Waals surface area contributed by atoms with Crippen LogP contribution in [-0.2, 0) is 9.05 Å². The molecule has 5 heteroatoms. The first kappa shape index (κ1) is 11.9. The molecule has 0 unspecified atom stereocenters. The van der Waals surface area contributed by atoms with E-state index in [9.17, 15) is 8.42 Å². The summed E-state index contributed by atoms with van der Waals surface area (Å²) in [6, 6.07) is 0. The number of hydrogen-bond donors (Lipinski definition) is 0. The van der Waals surface area contributed by atoms with Gasteiger partial charge in [-0.3, -0.25) is 0 Å². The van der Waals surface area contributed by atoms with Crippen molar-refractivity contribution in [2.24, 2.45) is 0 Å². The Balaban J connectivity index is 5.30. The highest BCUT2D eigenvalue weighted by Gasteiger charge is 2.13. The maximum absolute atomic E-state index is 10.9. The van der Waals surface area contributed by atoms with Gasteiger partial charge in [-0.1, -0.05) is 18.7 Å². The van der Waals surface area contributed by atoms with Gasteiger partial charge < -0.3 is 0 Å². The second kappa shape index (κ2) is 4.84. The van der Waals surface area contributed by atoms with Crippen molar-refractivity contribution in [3.63, 3.8) is 0 Å². The van der Waals surface area contributed by atoms with Crippen LogP contribution in [0.15, 0.2) is 34.2 Å². The van der Waals surface area contributed by atoms with Crippen molar-refractivity contribution >= 4 is 35.7 Å². The minimum atomic E-state index is -3.70. The van der Waals surface area contributed by atoms with Crippen molar-refractivity contribution < 1.29 is 8.42 Å². The lowest BCUT2D eigenvalue weighted by Gasteiger charge is -1.97. The molecule has 0 bridgehead atoms. The summed E-state index contributed by atoms with van der Waals surface area (Å²) in [7, 11) is 1.41. The van der Waals surface area contributed by atoms with Gasteiger partial charge in [0.2, 0.25) is 0 Å². The quantitative estimate of drug-likeness (QED) is 0.584. The predicted molar refractivity (Wildman–Crippen MR) is 55.7 cm³/mol. The highest BCUT2D eigenvalue weighted by molar-refractivity contribution is 9.12. The average Bonchev–Trinajstić information content (AvgIpc) is 1.85. The largest absolute Gasteiger partial charge is 0.262 e. The van der Waals surface area contributed by atoms with Crippen molar-refractivity contribution in [2.45, 2.75) is 6.92 Å². The third-order valence-electron chi connectivity index (χ3n) is 0.996. The number of allylic oxidation sites excluding steroid dienone is 4. The van der Waals surface area contributed by atoms with E-state index >= 15 is 0 Å². The van der Waals surface area contributed by atoms with Gasteiger partial charge in [0.25, 0.3) is 9.05 Å². The summed E-state index contributed by atoms with van der Waals surface area (Å²) in [5.41, 5.74) is 0. The van der Waals surface area contributed by atoms with Crippen LogP contribution >= 0.6 is 26.6 Å². The molecule has 0 aromatic carbocycles. The highest BCUT2D eigenvalue weighted by atomic mass is 79.9. The lowest BCUT2D eigenvalue weighted by molar-refractivity contribution is 0.615. The van der Waals surface area contributed by atoms with Crippen LogP contribution in [-0.4, -0.2) is 8.42 Å². The molecule has 0 N–H and O–H groups in total. The van der Waals surface area contributed by atoms with Crippen molar-refractivity contribution in [2.75, 3.05) is 0 Å². The van der Waals surface area contributed by atoms with E-state index in [4.69, 9.17) is 10.7 Å². The molecule has 0 radical (unpaired) electrons. The molecule has 0 aliphatic heterocycles. The molecule has 0 saturated heterocycles. The fourth-order valence-electron chi connectivity index (χ4n) is 0.542. The van der Waals surface area contributed by atoms with Gasteiger partial charge in [0.05, 0.1) is 4.91 Å². The minimum Gasteiger partial charge on any atom is -0.207 e. The third-order valence-corrected chi connectivity index (χ3v) is 3.36. The van der Waals surface area contributed by atoms with Crippen LogP contribution in [0.1, 0.15) is 6.92 Å². The van der Waals surface area contributed by atoms with Crippen LogP contribution in [0, 0.1) is 0 Å². The van der Waals surface area contributed by atoms with Crippen LogP contribution in [0.5, 0.6) is 0 Å². The fraction of sp³-hybridized carbons (Fsp3) is 0.143. The molecule has 0 atom stereocenters. The lowest BCUT2D eigenvalue weighted by atomic mass is 10.4. The lowest BCUT2D eigenvalue weighted by Crippen LogP contribution is -1.92. The zero-order valence-electron chi connectivity index (χ0n) is 6.42. The van der Waals surface area contributed by atoms with E-state index in [-0.39, 0.29) is 4.91 Å². The van der Waals surface area contributed by atoms with Gasteiger partial charge >= 0.3 is 0 Å². The molecule has 2 nitrogen and oxygen atoms in total. The van der Waals surface area contributed by atoms with E-state index in [1.807, 2.05) is 0 Å². The Kier molecular flexibility index (Phi) is 4.82. The Hall–Kier alpha value is -0.0600. The van der Waals surface area contributed by atoms with E-state index in [2.05, 4.69) is 22.5 Å². The van der Waals surface area contributed by atoms with Crippen molar-refractivity contribution in [3.05, 3.63) is 34.2 Å². The smallest absolute Gasteiger partial charge is 0.207 e. The molecule has 0 rings (SSSR count). The first-order valence-corrected chi connectivity index (χ1v) is 6.13. The molecule has 68 valence electrons. The maximum Gasteiger partial charge on any atom is 0.262 e. The third kappa shape index (κ3) is 3.56. The topological polar surface area (TPSA) is 34.1 Å². The summed E-state index contributed by atoms with van der Waals surface area (Å²) in [5.74, 6) is 0. The second-order valence-electron chi connectivity index (χ2n) is 1.85. The number of rotatable bonds is 3. The van der Waals surface area contributed by atoms with E-state index in [1.54, 1.807) is 19.1 Å². The Morgan fingerprint density at radius 2 is 2.08 bits per heavy atom. The van der Waals surface area contributed by atoms with E-state index < -0.39 is 9.05 Å². The number of halogens is 2. The molecule has 0 fully saturated rings. The van der Waals surface area contributed by atoms with Crippen molar-refractivity contribution in [1.29, 1.82) is 0 Å². The molecular weight excluding hydrogens is 263 g/mol. The molecular formula is C7H8BrClO2S. The standard InChI is InChI=1S/C7H8BrClO2S/c1-3-5-6(8)7(4-2)12(9,10)11/h3-5H,2H2,1H3/b5-3-,7-6-. The monoisotopic (exact) mass is 270 g/mol. The molecule has 0 heterocycles. The van der Waals surface area contributed by atoms with Gasteiger partial charge in [0.15, 0.2) is 0 Å². The van der Waals surface area contributed by atoms with Crippen molar-refractivity contribution in [3.8, 4) is 0 Å². The molecule has 12 heavy (non-hydrogen) atoms. The summed E-state index contributed by atoms with van der Waals surface area (Å²) in [6.45, 7) is 5.11. The highest BCUT2D eigenvalue weighted by Crippen LogP contribution is 2.22. The van der Waals surface area contributed by atoms with Gasteiger partial charge in [-0.2, -0.15) is 0 Å². The van der Waals surface area contributed by atoms with E-state index in [0.29, 0.717) is 4.48 Å². The van der Waals surface area contributed by atoms with E-state index in [1.165, 1.54) is 6.08 Å². The van der Waals surface area contributed by atoms with E-state index in [0.717, 1.165) is 0 Å². The first-order chi connectivity index (χ1) is 5.43. The van der Waals surface area contributed by atoms with Gasteiger partial charge in [0, 0.05) is 15.2 Å². The average molecular weight is 272 g/mol. The molecule has 0 aliphatic rings. The predicted octanol–water partition coefficient (Wildman–Crippen LogP) is 2.92. The minimum absolute atomic E-state index is 0.0257. The molecule has 0 saturated carbocycles. The number of hydrogen-bond acceptors (Lipinski definition) is 2. The first-order valence-electron chi connectivity index (χ1n) is 3.03. The molecule has 0 aliphatic carbocycles. The maximum atomic E-state index is 10.9. The zero-order chi connectivity index (χ0) is 9.78. The summed E-state index contributed by atoms with van der Waals surface area (Å²) >= 11 is 3.06. The summed E-state index contributed by atoms with van der Waals surface area (Å²) in [4.78, 5) is -0.0257. The fourth-order valence-corrected chi connectivity index (χ4v) is 2.83. The van der Waals surface area contributed by atoms with Crippen LogP contribution in [0.25, 0.3) is 0 Å². The summed E-state index contributed by atoms with van der Waals surface area (Å²) in [6.07, 6.45) is 4.46. The van der Waals surface area contributed by atoms with Crippen molar-refractivity contribution in [1.82, 2.24) is 0 Å². The molecule has 0 aromatic heterocycles. The molecule has 0 spiro atoms. The van der Waals surface area contributed by atoms with Crippen LogP contribution in [0.4, 0.5) is 0 Å².